The van der Waals surface area contributed by atoms with Gasteiger partial charge in [-0.3, -0.25) is 9.78 Å². The minimum Gasteiger partial charge on any atom is -0.486 e. The standard InChI is InChI=1S/C14H12N2O3/c17-14(10-3-5-15-6-4-10)16-11-1-2-12-13(9-11)19-8-7-18-12/h1-6,9H,7-8H2,(H,16,17). The van der Waals surface area contributed by atoms with Crippen LogP contribution in [0, 0.1) is 0 Å². The Morgan fingerprint density at radius 2 is 1.79 bits per heavy atom. The summed E-state index contributed by atoms with van der Waals surface area (Å²) in [6.07, 6.45) is 3.16. The zero-order chi connectivity index (χ0) is 13.1. The number of benzene rings is 1. The van der Waals surface area contributed by atoms with Gasteiger partial charge in [-0.2, -0.15) is 0 Å². The topological polar surface area (TPSA) is 60.5 Å². The molecule has 96 valence electrons. The van der Waals surface area contributed by atoms with E-state index in [1.54, 1.807) is 42.7 Å². The maximum Gasteiger partial charge on any atom is 0.255 e. The molecule has 5 nitrogen and oxygen atoms in total. The maximum atomic E-state index is 12.0. The van der Waals surface area contributed by atoms with Gasteiger partial charge in [0.25, 0.3) is 5.91 Å². The Kier molecular flexibility index (Phi) is 3.02. The third kappa shape index (κ3) is 2.49. The lowest BCUT2D eigenvalue weighted by atomic mass is 10.2. The number of anilines is 1. The Morgan fingerprint density at radius 3 is 2.58 bits per heavy atom. The second-order valence-corrected chi connectivity index (χ2v) is 4.05. The first kappa shape index (κ1) is 11.5. The van der Waals surface area contributed by atoms with Gasteiger partial charge in [-0.05, 0) is 24.3 Å². The van der Waals surface area contributed by atoms with Crippen molar-refractivity contribution in [2.75, 3.05) is 18.5 Å². The van der Waals surface area contributed by atoms with Crippen molar-refractivity contribution < 1.29 is 14.3 Å². The summed E-state index contributed by atoms with van der Waals surface area (Å²) in [6.45, 7) is 1.07. The number of hydrogen-bond acceptors (Lipinski definition) is 4. The number of hydrogen-bond donors (Lipinski definition) is 1. The molecule has 2 aromatic rings. The summed E-state index contributed by atoms with van der Waals surface area (Å²) >= 11 is 0. The van der Waals surface area contributed by atoms with Gasteiger partial charge in [-0.1, -0.05) is 0 Å². The average molecular weight is 256 g/mol. The van der Waals surface area contributed by atoms with Crippen LogP contribution in [0.4, 0.5) is 5.69 Å². The van der Waals surface area contributed by atoms with Gasteiger partial charge < -0.3 is 14.8 Å². The summed E-state index contributed by atoms with van der Waals surface area (Å²) < 4.78 is 10.9. The van der Waals surface area contributed by atoms with Crippen molar-refractivity contribution in [2.24, 2.45) is 0 Å². The van der Waals surface area contributed by atoms with Crippen LogP contribution in [-0.4, -0.2) is 24.1 Å². The lowest BCUT2D eigenvalue weighted by molar-refractivity contribution is 0.102. The first-order valence-electron chi connectivity index (χ1n) is 5.94. The molecule has 0 aliphatic carbocycles. The van der Waals surface area contributed by atoms with Gasteiger partial charge in [0.15, 0.2) is 11.5 Å². The van der Waals surface area contributed by atoms with Crippen molar-refractivity contribution in [1.29, 1.82) is 0 Å². The molecule has 0 fully saturated rings. The number of ether oxygens (including phenoxy) is 2. The third-order valence-corrected chi connectivity index (χ3v) is 2.74. The van der Waals surface area contributed by atoms with E-state index in [1.165, 1.54) is 0 Å². The first-order valence-corrected chi connectivity index (χ1v) is 5.94. The number of amides is 1. The molecule has 0 unspecified atom stereocenters. The van der Waals surface area contributed by atoms with Crippen LogP contribution < -0.4 is 14.8 Å². The van der Waals surface area contributed by atoms with Crippen LogP contribution in [0.3, 0.4) is 0 Å². The van der Waals surface area contributed by atoms with Crippen LogP contribution in [0.25, 0.3) is 0 Å². The van der Waals surface area contributed by atoms with Crippen LogP contribution in [0.2, 0.25) is 0 Å². The fraction of sp³-hybridized carbons (Fsp3) is 0.143. The fourth-order valence-electron chi connectivity index (χ4n) is 1.83. The van der Waals surface area contributed by atoms with Crippen LogP contribution >= 0.6 is 0 Å². The molecule has 1 aliphatic heterocycles. The summed E-state index contributed by atoms with van der Waals surface area (Å²) in [6, 6.07) is 8.65. The van der Waals surface area contributed by atoms with Crippen LogP contribution in [-0.2, 0) is 0 Å². The van der Waals surface area contributed by atoms with E-state index < -0.39 is 0 Å². The minimum atomic E-state index is -0.181. The van der Waals surface area contributed by atoms with Gasteiger partial charge in [0.2, 0.25) is 0 Å². The minimum absolute atomic E-state index is 0.181. The third-order valence-electron chi connectivity index (χ3n) is 2.74. The molecular formula is C14H12N2O3. The molecule has 1 amide bonds. The van der Waals surface area contributed by atoms with E-state index >= 15 is 0 Å². The molecule has 0 bridgehead atoms. The molecule has 0 atom stereocenters. The Hall–Kier alpha value is -2.56. The van der Waals surface area contributed by atoms with E-state index in [9.17, 15) is 4.79 Å². The highest BCUT2D eigenvalue weighted by Crippen LogP contribution is 2.32. The molecular weight excluding hydrogens is 244 g/mol. The molecule has 19 heavy (non-hydrogen) atoms. The zero-order valence-electron chi connectivity index (χ0n) is 10.1. The van der Waals surface area contributed by atoms with Crippen LogP contribution in [0.5, 0.6) is 11.5 Å². The molecule has 5 heteroatoms. The number of carbonyl (C=O) groups is 1. The average Bonchev–Trinajstić information content (AvgIpc) is 2.48. The molecule has 1 aromatic carbocycles. The normalized spacial score (nSPS) is 12.8. The van der Waals surface area contributed by atoms with Gasteiger partial charge >= 0.3 is 0 Å². The summed E-state index contributed by atoms with van der Waals surface area (Å²) in [5, 5.41) is 2.81. The predicted octanol–water partition coefficient (Wildman–Crippen LogP) is 2.11. The van der Waals surface area contributed by atoms with Gasteiger partial charge in [0.05, 0.1) is 0 Å². The first-order chi connectivity index (χ1) is 9.33. The van der Waals surface area contributed by atoms with Crippen LogP contribution in [0.15, 0.2) is 42.7 Å². The predicted molar refractivity (Wildman–Crippen MR) is 69.6 cm³/mol. The van der Waals surface area contributed by atoms with Crippen molar-refractivity contribution in [3.63, 3.8) is 0 Å². The Labute approximate surface area is 110 Å². The van der Waals surface area contributed by atoms with E-state index in [0.717, 1.165) is 0 Å². The summed E-state index contributed by atoms with van der Waals surface area (Å²) in [7, 11) is 0. The Bertz CT molecular complexity index is 599. The van der Waals surface area contributed by atoms with Crippen molar-refractivity contribution in [1.82, 2.24) is 4.98 Å². The van der Waals surface area contributed by atoms with Gasteiger partial charge in [-0.15, -0.1) is 0 Å². The SMILES string of the molecule is O=C(Nc1ccc2c(c1)OCCO2)c1ccncc1. The highest BCUT2D eigenvalue weighted by atomic mass is 16.6. The molecule has 0 spiro atoms. The molecule has 0 saturated heterocycles. The zero-order valence-corrected chi connectivity index (χ0v) is 10.1. The molecule has 2 heterocycles. The number of pyridine rings is 1. The highest BCUT2D eigenvalue weighted by Gasteiger charge is 2.13. The Balaban J connectivity index is 1.78. The Morgan fingerprint density at radius 1 is 1.05 bits per heavy atom. The number of nitrogens with zero attached hydrogens (tertiary/aromatic N) is 1. The highest BCUT2D eigenvalue weighted by molar-refractivity contribution is 6.04. The van der Waals surface area contributed by atoms with Gasteiger partial charge in [0, 0.05) is 29.7 Å². The van der Waals surface area contributed by atoms with Crippen molar-refractivity contribution in [2.45, 2.75) is 0 Å². The monoisotopic (exact) mass is 256 g/mol. The molecule has 1 N–H and O–H groups in total. The molecule has 1 aliphatic rings. The number of rotatable bonds is 2. The number of fused-ring (bicyclic) bond motifs is 1. The summed E-state index contributed by atoms with van der Waals surface area (Å²) in [5.41, 5.74) is 1.23. The van der Waals surface area contributed by atoms with Crippen LogP contribution in [0.1, 0.15) is 10.4 Å². The van der Waals surface area contributed by atoms with E-state index in [1.807, 2.05) is 0 Å². The number of nitrogens with one attached hydrogen (secondary N) is 1. The molecule has 1 aromatic heterocycles. The van der Waals surface area contributed by atoms with Crippen molar-refractivity contribution >= 4 is 11.6 Å². The summed E-state index contributed by atoms with van der Waals surface area (Å²) in [4.78, 5) is 15.8. The summed E-state index contributed by atoms with van der Waals surface area (Å²) in [5.74, 6) is 1.17. The maximum absolute atomic E-state index is 12.0. The molecule has 3 rings (SSSR count). The fourth-order valence-corrected chi connectivity index (χ4v) is 1.83. The quantitative estimate of drug-likeness (QED) is 0.894. The second kappa shape index (κ2) is 4.97. The lowest BCUT2D eigenvalue weighted by Gasteiger charge is -2.19. The lowest BCUT2D eigenvalue weighted by Crippen LogP contribution is -2.16. The van der Waals surface area contributed by atoms with Gasteiger partial charge in [-0.25, -0.2) is 0 Å². The molecule has 0 radical (unpaired) electrons. The van der Waals surface area contributed by atoms with Crippen molar-refractivity contribution in [3.05, 3.63) is 48.3 Å². The number of aromatic nitrogens is 1. The van der Waals surface area contributed by atoms with E-state index in [2.05, 4.69) is 10.3 Å². The van der Waals surface area contributed by atoms with E-state index in [0.29, 0.717) is 36.0 Å². The van der Waals surface area contributed by atoms with E-state index in [4.69, 9.17) is 9.47 Å². The smallest absolute Gasteiger partial charge is 0.255 e. The molecule has 0 saturated carbocycles. The van der Waals surface area contributed by atoms with E-state index in [-0.39, 0.29) is 5.91 Å². The van der Waals surface area contributed by atoms with Crippen molar-refractivity contribution in [3.8, 4) is 11.5 Å². The largest absolute Gasteiger partial charge is 0.486 e. The second-order valence-electron chi connectivity index (χ2n) is 4.05. The number of carbonyl (C=O) groups excluding carboxylic acids is 1. The van der Waals surface area contributed by atoms with Gasteiger partial charge in [0.1, 0.15) is 13.2 Å².